The molecule has 1 fully saturated rings. The normalized spacial score (nSPS) is 16.7. The van der Waals surface area contributed by atoms with Crippen LogP contribution >= 0.6 is 11.3 Å². The molecule has 2 heterocycles. The number of phenols is 1. The van der Waals surface area contributed by atoms with E-state index in [1.807, 2.05) is 0 Å². The maximum atomic E-state index is 12.9. The number of phenolic OH excluding ortho intramolecular Hbond substituents is 1. The van der Waals surface area contributed by atoms with E-state index in [2.05, 4.69) is 0 Å². The Hall–Kier alpha value is -2.45. The first-order valence-electron chi connectivity index (χ1n) is 7.96. The van der Waals surface area contributed by atoms with Gasteiger partial charge in [0.25, 0.3) is 5.91 Å². The van der Waals surface area contributed by atoms with Gasteiger partial charge in [0.05, 0.1) is 15.9 Å². The van der Waals surface area contributed by atoms with Crippen LogP contribution in [0.15, 0.2) is 36.4 Å². The molecule has 8 heteroatoms. The lowest BCUT2D eigenvalue weighted by atomic mass is 10.1. The first-order chi connectivity index (χ1) is 12.0. The van der Waals surface area contributed by atoms with E-state index in [0.717, 1.165) is 24.2 Å². The van der Waals surface area contributed by atoms with Crippen LogP contribution in [0.5, 0.6) is 5.75 Å². The molecule has 0 spiro atoms. The number of aromatic hydroxyl groups is 1. The van der Waals surface area contributed by atoms with Crippen LogP contribution in [0.3, 0.4) is 0 Å². The Bertz CT molecular complexity index is 770. The van der Waals surface area contributed by atoms with Crippen molar-refractivity contribution in [3.05, 3.63) is 57.0 Å². The Morgan fingerprint density at radius 2 is 2.16 bits per heavy atom. The van der Waals surface area contributed by atoms with E-state index in [-0.39, 0.29) is 29.3 Å². The Morgan fingerprint density at radius 3 is 2.80 bits per heavy atom. The second kappa shape index (κ2) is 7.62. The van der Waals surface area contributed by atoms with Crippen molar-refractivity contribution in [2.75, 3.05) is 13.2 Å². The highest BCUT2D eigenvalue weighted by Crippen LogP contribution is 2.27. The van der Waals surface area contributed by atoms with Crippen molar-refractivity contribution < 1.29 is 19.6 Å². The van der Waals surface area contributed by atoms with E-state index in [1.54, 1.807) is 29.2 Å². The quantitative estimate of drug-likeness (QED) is 0.629. The van der Waals surface area contributed by atoms with Gasteiger partial charge in [-0.2, -0.15) is 0 Å². The lowest BCUT2D eigenvalue weighted by Gasteiger charge is -2.25. The first-order valence-corrected chi connectivity index (χ1v) is 8.78. The number of nitrogens with zero attached hydrogens (tertiary/aromatic N) is 2. The molecule has 1 atom stereocenters. The third-order valence-corrected chi connectivity index (χ3v) is 5.10. The van der Waals surface area contributed by atoms with E-state index in [0.29, 0.717) is 23.6 Å². The van der Waals surface area contributed by atoms with E-state index in [1.165, 1.54) is 12.1 Å². The van der Waals surface area contributed by atoms with Gasteiger partial charge in [-0.25, -0.2) is 0 Å². The zero-order valence-corrected chi connectivity index (χ0v) is 14.3. The van der Waals surface area contributed by atoms with Crippen LogP contribution in [0.4, 0.5) is 5.00 Å². The highest BCUT2D eigenvalue weighted by Gasteiger charge is 2.26. The Labute approximate surface area is 148 Å². The molecule has 1 N–H and O–H groups in total. The van der Waals surface area contributed by atoms with Crippen molar-refractivity contribution in [3.8, 4) is 5.75 Å². The molecule has 0 aliphatic carbocycles. The Balaban J connectivity index is 1.82. The number of para-hydroxylation sites is 1. The summed E-state index contributed by atoms with van der Waals surface area (Å²) in [5, 5.41) is 20.8. The predicted molar refractivity (Wildman–Crippen MR) is 92.8 cm³/mol. The Kier molecular flexibility index (Phi) is 5.30. The van der Waals surface area contributed by atoms with Crippen LogP contribution in [-0.2, 0) is 11.3 Å². The van der Waals surface area contributed by atoms with Gasteiger partial charge >= 0.3 is 5.00 Å². The third kappa shape index (κ3) is 4.15. The van der Waals surface area contributed by atoms with Gasteiger partial charge in [0.1, 0.15) is 5.75 Å². The van der Waals surface area contributed by atoms with Crippen molar-refractivity contribution in [1.29, 1.82) is 0 Å². The van der Waals surface area contributed by atoms with Crippen LogP contribution in [-0.4, -0.2) is 40.1 Å². The molecule has 1 aromatic carbocycles. The van der Waals surface area contributed by atoms with E-state index in [4.69, 9.17) is 4.74 Å². The summed E-state index contributed by atoms with van der Waals surface area (Å²) < 4.78 is 5.62. The van der Waals surface area contributed by atoms with Gasteiger partial charge in [-0.3, -0.25) is 14.9 Å². The second-order valence-corrected chi connectivity index (χ2v) is 6.91. The highest BCUT2D eigenvalue weighted by molar-refractivity contribution is 7.17. The summed E-state index contributed by atoms with van der Waals surface area (Å²) in [4.78, 5) is 25.1. The molecule has 1 amide bonds. The van der Waals surface area contributed by atoms with Crippen LogP contribution in [0.25, 0.3) is 0 Å². The van der Waals surface area contributed by atoms with Crippen LogP contribution in [0, 0.1) is 10.1 Å². The molecule has 2 aromatic rings. The number of rotatable bonds is 6. The summed E-state index contributed by atoms with van der Waals surface area (Å²) in [6.45, 7) is 1.28. The summed E-state index contributed by atoms with van der Waals surface area (Å²) in [6, 6.07) is 9.64. The molecule has 1 saturated heterocycles. The van der Waals surface area contributed by atoms with E-state index in [9.17, 15) is 20.0 Å². The molecule has 25 heavy (non-hydrogen) atoms. The fraction of sp³-hybridized carbons (Fsp3) is 0.353. The largest absolute Gasteiger partial charge is 0.508 e. The number of carbonyl (C=O) groups excluding carboxylic acids is 1. The molecule has 1 unspecified atom stereocenters. The number of amides is 1. The minimum absolute atomic E-state index is 0.0512. The van der Waals surface area contributed by atoms with Gasteiger partial charge < -0.3 is 14.7 Å². The number of ether oxygens (including phenoxy) is 1. The highest BCUT2D eigenvalue weighted by atomic mass is 32.1. The van der Waals surface area contributed by atoms with Gasteiger partial charge in [0, 0.05) is 31.3 Å². The number of thiophene rings is 1. The minimum Gasteiger partial charge on any atom is -0.508 e. The van der Waals surface area contributed by atoms with Crippen molar-refractivity contribution in [2.24, 2.45) is 0 Å². The molecule has 0 bridgehead atoms. The van der Waals surface area contributed by atoms with Gasteiger partial charge in [0.15, 0.2) is 0 Å². The zero-order chi connectivity index (χ0) is 17.8. The third-order valence-electron chi connectivity index (χ3n) is 4.07. The Morgan fingerprint density at radius 1 is 1.36 bits per heavy atom. The molecule has 1 aliphatic rings. The van der Waals surface area contributed by atoms with Gasteiger partial charge in [-0.1, -0.05) is 29.5 Å². The molecule has 0 saturated carbocycles. The number of carbonyl (C=O) groups is 1. The smallest absolute Gasteiger partial charge is 0.324 e. The summed E-state index contributed by atoms with van der Waals surface area (Å²) in [7, 11) is 0. The van der Waals surface area contributed by atoms with E-state index >= 15 is 0 Å². The molecule has 0 radical (unpaired) electrons. The summed E-state index contributed by atoms with van der Waals surface area (Å²) in [6.07, 6.45) is 1.77. The van der Waals surface area contributed by atoms with E-state index < -0.39 is 4.92 Å². The topological polar surface area (TPSA) is 92.9 Å². The van der Waals surface area contributed by atoms with Crippen molar-refractivity contribution in [3.63, 3.8) is 0 Å². The van der Waals surface area contributed by atoms with Gasteiger partial charge in [-0.05, 0) is 25.0 Å². The monoisotopic (exact) mass is 362 g/mol. The summed E-state index contributed by atoms with van der Waals surface area (Å²) >= 11 is 0.856. The maximum absolute atomic E-state index is 12.9. The predicted octanol–water partition coefficient (Wildman–Crippen LogP) is 3.18. The molecule has 132 valence electrons. The van der Waals surface area contributed by atoms with Gasteiger partial charge in [-0.15, -0.1) is 0 Å². The molecular formula is C17H18N2O5S. The molecule has 1 aromatic heterocycles. The lowest BCUT2D eigenvalue weighted by molar-refractivity contribution is -0.380. The fourth-order valence-electron chi connectivity index (χ4n) is 2.80. The fourth-order valence-corrected chi connectivity index (χ4v) is 3.59. The number of benzene rings is 1. The second-order valence-electron chi connectivity index (χ2n) is 5.84. The van der Waals surface area contributed by atoms with Crippen LogP contribution < -0.4 is 0 Å². The summed E-state index contributed by atoms with van der Waals surface area (Å²) in [5.74, 6) is -0.179. The van der Waals surface area contributed by atoms with Crippen LogP contribution in [0.1, 0.15) is 28.1 Å². The average Bonchev–Trinajstić information content (AvgIpc) is 3.27. The maximum Gasteiger partial charge on any atom is 0.324 e. The van der Waals surface area contributed by atoms with Crippen molar-refractivity contribution in [1.82, 2.24) is 4.90 Å². The number of nitro groups is 1. The summed E-state index contributed by atoms with van der Waals surface area (Å²) in [5.41, 5.74) is 0.625. The van der Waals surface area contributed by atoms with Crippen LogP contribution in [0.2, 0.25) is 0 Å². The van der Waals surface area contributed by atoms with Gasteiger partial charge in [0.2, 0.25) is 0 Å². The molecule has 1 aliphatic heterocycles. The first kappa shape index (κ1) is 17.4. The lowest BCUT2D eigenvalue weighted by Crippen LogP contribution is -2.36. The van der Waals surface area contributed by atoms with Crippen molar-refractivity contribution in [2.45, 2.75) is 25.5 Å². The average molecular weight is 362 g/mol. The minimum atomic E-state index is -0.505. The molecular weight excluding hydrogens is 344 g/mol. The number of hydrogen-bond donors (Lipinski definition) is 1. The molecule has 7 nitrogen and oxygen atoms in total. The molecule has 3 rings (SSSR count). The standard InChI is InChI=1S/C17H18N2O5S/c20-14-6-2-1-4-12(14)10-18(11-13-5-3-9-24-13)17(21)15-7-8-16(25-15)19(22)23/h1-2,4,6-8,13,20H,3,5,9-11H2. The number of hydrogen-bond acceptors (Lipinski definition) is 6. The SMILES string of the molecule is O=C(c1ccc([N+](=O)[O-])s1)N(Cc1ccccc1O)CC1CCCO1. The zero-order valence-electron chi connectivity index (χ0n) is 13.5. The van der Waals surface area contributed by atoms with Crippen molar-refractivity contribution >= 4 is 22.2 Å².